The Bertz CT molecular complexity index is 1240. The molecule has 0 unspecified atom stereocenters. The molecule has 13 heteroatoms. The van der Waals surface area contributed by atoms with Crippen molar-refractivity contribution in [3.8, 4) is 0 Å². The van der Waals surface area contributed by atoms with Crippen molar-refractivity contribution in [1.29, 1.82) is 0 Å². The van der Waals surface area contributed by atoms with E-state index in [-0.39, 0.29) is 22.0 Å². The molecule has 0 aliphatic heterocycles. The number of halogens is 5. The fourth-order valence-corrected chi connectivity index (χ4v) is 4.44. The van der Waals surface area contributed by atoms with Crippen LogP contribution in [0.4, 0.5) is 18.9 Å². The maximum atomic E-state index is 12.9. The van der Waals surface area contributed by atoms with Crippen LogP contribution in [-0.4, -0.2) is 32.3 Å². The van der Waals surface area contributed by atoms with Crippen molar-refractivity contribution in [2.75, 3.05) is 11.1 Å². The Morgan fingerprint density at radius 1 is 1.14 bits per heavy atom. The molecule has 186 valence electrons. The molecular formula is C22H20Cl2F3N5O2S. The van der Waals surface area contributed by atoms with Crippen LogP contribution in [0.3, 0.4) is 0 Å². The molecule has 0 saturated carbocycles. The van der Waals surface area contributed by atoms with Gasteiger partial charge in [-0.25, -0.2) is 0 Å². The van der Waals surface area contributed by atoms with Crippen LogP contribution in [0.5, 0.6) is 0 Å². The van der Waals surface area contributed by atoms with Gasteiger partial charge >= 0.3 is 6.18 Å². The number of carbonyl (C=O) groups is 2. The third-order valence-corrected chi connectivity index (χ3v) is 6.29. The Morgan fingerprint density at radius 3 is 2.54 bits per heavy atom. The van der Waals surface area contributed by atoms with Crippen LogP contribution in [0, 0.1) is 0 Å². The molecule has 0 aliphatic rings. The summed E-state index contributed by atoms with van der Waals surface area (Å²) < 4.78 is 40.3. The maximum absolute atomic E-state index is 12.9. The van der Waals surface area contributed by atoms with E-state index in [1.807, 2.05) is 6.92 Å². The summed E-state index contributed by atoms with van der Waals surface area (Å²) in [6.07, 6.45) is -4.51. The summed E-state index contributed by atoms with van der Waals surface area (Å²) in [4.78, 5) is 24.9. The van der Waals surface area contributed by atoms with Gasteiger partial charge in [-0.05, 0) is 50.2 Å². The van der Waals surface area contributed by atoms with Gasteiger partial charge in [0.05, 0.1) is 27.9 Å². The highest BCUT2D eigenvalue weighted by molar-refractivity contribution is 7.99. The summed E-state index contributed by atoms with van der Waals surface area (Å²) in [6.45, 7) is 4.04. The predicted molar refractivity (Wildman–Crippen MR) is 129 cm³/mol. The van der Waals surface area contributed by atoms with E-state index < -0.39 is 29.6 Å². The SMILES string of the molecule is CCn1c(SCC(=O)Nc2cccc(C(F)(F)F)c2)nnc1[C@H](C)NC(=O)c1ccc(Cl)cc1Cl. The van der Waals surface area contributed by atoms with Gasteiger partial charge in [0.1, 0.15) is 0 Å². The number of alkyl halides is 3. The smallest absolute Gasteiger partial charge is 0.342 e. The van der Waals surface area contributed by atoms with Crippen LogP contribution in [0.15, 0.2) is 47.6 Å². The molecule has 0 radical (unpaired) electrons. The molecule has 0 fully saturated rings. The number of hydrogen-bond acceptors (Lipinski definition) is 5. The topological polar surface area (TPSA) is 88.9 Å². The van der Waals surface area contributed by atoms with E-state index in [2.05, 4.69) is 20.8 Å². The number of amides is 2. The van der Waals surface area contributed by atoms with Crippen LogP contribution in [0.2, 0.25) is 10.0 Å². The third-order valence-electron chi connectivity index (χ3n) is 4.78. The van der Waals surface area contributed by atoms with Gasteiger partial charge in [-0.15, -0.1) is 10.2 Å². The number of aromatic nitrogens is 3. The number of rotatable bonds is 8. The van der Waals surface area contributed by atoms with E-state index in [0.29, 0.717) is 22.5 Å². The van der Waals surface area contributed by atoms with Gasteiger partial charge in [-0.3, -0.25) is 9.59 Å². The van der Waals surface area contributed by atoms with Crippen molar-refractivity contribution < 1.29 is 22.8 Å². The summed E-state index contributed by atoms with van der Waals surface area (Å²) in [6, 6.07) is 8.40. The summed E-state index contributed by atoms with van der Waals surface area (Å²) in [5.74, 6) is -0.554. The largest absolute Gasteiger partial charge is 0.416 e. The van der Waals surface area contributed by atoms with Crippen LogP contribution in [0.25, 0.3) is 0 Å². The molecule has 0 spiro atoms. The molecule has 2 aromatic carbocycles. The standard InChI is InChI=1S/C22H20Cl2F3N5O2S/c1-3-32-19(12(2)28-20(34)16-8-7-14(23)10-17(16)24)30-31-21(32)35-11-18(33)29-15-6-4-5-13(9-15)22(25,26)27/h4-10,12H,3,11H2,1-2H3,(H,28,34)(H,29,33)/t12-/m0/s1. The first-order valence-electron chi connectivity index (χ1n) is 10.3. The summed E-state index contributed by atoms with van der Waals surface area (Å²) in [5.41, 5.74) is -0.555. The lowest BCUT2D eigenvalue weighted by molar-refractivity contribution is -0.137. The zero-order chi connectivity index (χ0) is 25.8. The summed E-state index contributed by atoms with van der Waals surface area (Å²) in [5, 5.41) is 14.5. The van der Waals surface area contributed by atoms with Gasteiger partial charge < -0.3 is 15.2 Å². The molecule has 35 heavy (non-hydrogen) atoms. The zero-order valence-electron chi connectivity index (χ0n) is 18.5. The van der Waals surface area contributed by atoms with E-state index >= 15 is 0 Å². The van der Waals surface area contributed by atoms with Gasteiger partial charge in [-0.1, -0.05) is 41.0 Å². The van der Waals surface area contributed by atoms with Gasteiger partial charge in [0, 0.05) is 17.3 Å². The zero-order valence-corrected chi connectivity index (χ0v) is 20.8. The number of anilines is 1. The van der Waals surface area contributed by atoms with Crippen molar-refractivity contribution >= 4 is 52.5 Å². The van der Waals surface area contributed by atoms with Crippen LogP contribution >= 0.6 is 35.0 Å². The molecule has 2 N–H and O–H groups in total. The van der Waals surface area contributed by atoms with Gasteiger partial charge in [-0.2, -0.15) is 13.2 Å². The first-order valence-corrected chi connectivity index (χ1v) is 12.0. The highest BCUT2D eigenvalue weighted by Crippen LogP contribution is 2.31. The van der Waals surface area contributed by atoms with E-state index in [9.17, 15) is 22.8 Å². The minimum atomic E-state index is -4.51. The Hall–Kier alpha value is -2.76. The molecule has 3 rings (SSSR count). The quantitative estimate of drug-likeness (QED) is 0.347. The summed E-state index contributed by atoms with van der Waals surface area (Å²) in [7, 11) is 0. The molecule has 0 saturated heterocycles. The first-order chi connectivity index (χ1) is 16.5. The lowest BCUT2D eigenvalue weighted by Crippen LogP contribution is -2.29. The molecule has 7 nitrogen and oxygen atoms in total. The van der Waals surface area contributed by atoms with Gasteiger partial charge in [0.2, 0.25) is 5.91 Å². The Kier molecular flexibility index (Phi) is 8.68. The minimum Gasteiger partial charge on any atom is -0.342 e. The van der Waals surface area contributed by atoms with Gasteiger partial charge in [0.25, 0.3) is 5.91 Å². The Balaban J connectivity index is 1.64. The fraction of sp³-hybridized carbons (Fsp3) is 0.273. The van der Waals surface area contributed by atoms with E-state index in [1.54, 1.807) is 17.6 Å². The van der Waals surface area contributed by atoms with E-state index in [1.165, 1.54) is 24.3 Å². The third kappa shape index (κ3) is 6.89. The van der Waals surface area contributed by atoms with E-state index in [4.69, 9.17) is 23.2 Å². The highest BCUT2D eigenvalue weighted by Gasteiger charge is 2.30. The van der Waals surface area contributed by atoms with Gasteiger partial charge in [0.15, 0.2) is 11.0 Å². The Morgan fingerprint density at radius 2 is 1.89 bits per heavy atom. The maximum Gasteiger partial charge on any atom is 0.416 e. The first kappa shape index (κ1) is 26.8. The predicted octanol–water partition coefficient (Wildman–Crippen LogP) is 5.85. The summed E-state index contributed by atoms with van der Waals surface area (Å²) >= 11 is 13.0. The Labute approximate surface area is 213 Å². The molecule has 1 atom stereocenters. The van der Waals surface area contributed by atoms with Crippen molar-refractivity contribution in [3.63, 3.8) is 0 Å². The second-order valence-corrected chi connectivity index (χ2v) is 9.11. The normalized spacial score (nSPS) is 12.3. The lowest BCUT2D eigenvalue weighted by Gasteiger charge is -2.15. The van der Waals surface area contributed by atoms with Crippen molar-refractivity contribution in [2.45, 2.75) is 37.8 Å². The van der Waals surface area contributed by atoms with Crippen molar-refractivity contribution in [3.05, 3.63) is 69.5 Å². The average molecular weight is 546 g/mol. The molecule has 0 bridgehead atoms. The molecule has 2 amide bonds. The lowest BCUT2D eigenvalue weighted by atomic mass is 10.2. The second kappa shape index (κ2) is 11.3. The molecule has 1 aromatic heterocycles. The molecule has 0 aliphatic carbocycles. The average Bonchev–Trinajstić information content (AvgIpc) is 3.20. The number of benzene rings is 2. The van der Waals surface area contributed by atoms with Crippen molar-refractivity contribution in [2.24, 2.45) is 0 Å². The van der Waals surface area contributed by atoms with E-state index in [0.717, 1.165) is 23.9 Å². The molecule has 1 heterocycles. The van der Waals surface area contributed by atoms with Crippen molar-refractivity contribution in [1.82, 2.24) is 20.1 Å². The molecule has 3 aromatic rings. The van der Waals surface area contributed by atoms with Crippen LogP contribution in [0.1, 0.15) is 41.6 Å². The number of thioether (sulfide) groups is 1. The second-order valence-electron chi connectivity index (χ2n) is 7.32. The number of nitrogens with zero attached hydrogens (tertiary/aromatic N) is 3. The number of carbonyl (C=O) groups excluding carboxylic acids is 2. The monoisotopic (exact) mass is 545 g/mol. The number of hydrogen-bond donors (Lipinski definition) is 2. The van der Waals surface area contributed by atoms with Crippen LogP contribution in [-0.2, 0) is 17.5 Å². The minimum absolute atomic E-state index is 0.0419. The van der Waals surface area contributed by atoms with Crippen LogP contribution < -0.4 is 10.6 Å². The highest BCUT2D eigenvalue weighted by atomic mass is 35.5. The molecular weight excluding hydrogens is 526 g/mol. The number of nitrogens with one attached hydrogen (secondary N) is 2. The fourth-order valence-electron chi connectivity index (χ4n) is 3.14.